The number of quaternary nitrogens is 1. The molecule has 0 saturated carbocycles. The molecule has 0 fully saturated rings. The van der Waals surface area contributed by atoms with Crippen molar-refractivity contribution in [3.8, 4) is 0 Å². The van der Waals surface area contributed by atoms with E-state index in [0.29, 0.717) is 23.9 Å². The van der Waals surface area contributed by atoms with Crippen molar-refractivity contribution in [3.05, 3.63) is 134 Å². The highest BCUT2D eigenvalue weighted by molar-refractivity contribution is 5.71. The SMILES string of the molecule is CC/C=C\C/C=C\C/C=C\C/C=C\C/C=C\C/C=C\C/C=C\CCCCCCCC(=O)OC(COC(=O)CCCCCCCCCCCCCCCCCC/C=C\C/C=C\C/C=C\C/C=C\CC)COC(OCC[N+](C)(C)C)C(=O)O. The highest BCUT2D eigenvalue weighted by Crippen LogP contribution is 2.16. The number of esters is 2. The van der Waals surface area contributed by atoms with Crippen LogP contribution in [0, 0.1) is 0 Å². The number of likely N-dealkylation sites (N-methyl/N-ethyl adjacent to an activating group) is 1. The molecule has 0 rings (SSSR count). The van der Waals surface area contributed by atoms with Crippen LogP contribution in [0.5, 0.6) is 0 Å². The molecule has 1 N–H and O–H groups in total. The largest absolute Gasteiger partial charge is 0.477 e. The molecule has 0 aromatic heterocycles. The number of nitrogens with zero attached hydrogens (tertiary/aromatic N) is 1. The molecule has 0 saturated heterocycles. The summed E-state index contributed by atoms with van der Waals surface area (Å²) in [7, 11) is 5.96. The standard InChI is InChI=1S/C72H119NO8/c1-6-8-10-12-14-16-18-20-22-24-26-28-30-32-34-35-37-38-40-42-44-46-48-50-52-54-56-58-60-62-69(74)79-66-68(67-80-72(71(76)77)78-65-64-73(3,4)5)81-70(75)63-61-59-57-55-53-51-49-47-45-43-41-39-36-33-31-29-27-25-23-21-19-17-15-13-11-9-7-2/h8-11,14-17,20-23,26-29,33,36,41,43,47,49,68,72H,6-7,12-13,18-19,24-25,30-32,34-35,37-40,42,44-46,48,50-67H2,1-5H3/p+1/b10-8-,11-9-,16-14-,17-15-,22-20-,23-21-,28-26-,29-27-,36-33-,43-41-,49-47-. The molecule has 0 aliphatic carbocycles. The van der Waals surface area contributed by atoms with Crippen molar-refractivity contribution in [2.75, 3.05) is 47.5 Å². The van der Waals surface area contributed by atoms with Crippen LogP contribution in [0.25, 0.3) is 0 Å². The van der Waals surface area contributed by atoms with Crippen LogP contribution in [0.3, 0.4) is 0 Å². The molecule has 0 aromatic rings. The molecule has 9 heteroatoms. The van der Waals surface area contributed by atoms with E-state index in [1.807, 2.05) is 21.1 Å². The zero-order valence-corrected chi connectivity index (χ0v) is 52.4. The van der Waals surface area contributed by atoms with Gasteiger partial charge in [-0.2, -0.15) is 0 Å². The van der Waals surface area contributed by atoms with Gasteiger partial charge in [-0.1, -0.05) is 257 Å². The minimum absolute atomic E-state index is 0.177. The van der Waals surface area contributed by atoms with E-state index in [4.69, 9.17) is 18.9 Å². The van der Waals surface area contributed by atoms with E-state index in [2.05, 4.69) is 148 Å². The van der Waals surface area contributed by atoms with Crippen LogP contribution in [0.4, 0.5) is 0 Å². The number of hydrogen-bond donors (Lipinski definition) is 1. The Morgan fingerprint density at radius 3 is 0.988 bits per heavy atom. The first-order valence-electron chi connectivity index (χ1n) is 32.3. The third-order valence-electron chi connectivity index (χ3n) is 13.4. The van der Waals surface area contributed by atoms with Gasteiger partial charge in [-0.3, -0.25) is 9.59 Å². The fraction of sp³-hybridized carbons (Fsp3) is 0.653. The van der Waals surface area contributed by atoms with Gasteiger partial charge < -0.3 is 28.5 Å². The monoisotopic (exact) mass is 1130 g/mol. The molecule has 81 heavy (non-hydrogen) atoms. The number of unbranched alkanes of at least 4 members (excludes halogenated alkanes) is 21. The second-order valence-electron chi connectivity index (χ2n) is 22.3. The average Bonchev–Trinajstić information content (AvgIpc) is 3.44. The Hall–Kier alpha value is -4.57. The molecule has 460 valence electrons. The fourth-order valence-corrected chi connectivity index (χ4v) is 8.51. The molecule has 9 nitrogen and oxygen atoms in total. The van der Waals surface area contributed by atoms with Crippen LogP contribution in [-0.4, -0.2) is 87.4 Å². The van der Waals surface area contributed by atoms with Crippen molar-refractivity contribution in [1.29, 1.82) is 0 Å². The number of allylic oxidation sites excluding steroid dienone is 22. The molecule has 0 aliphatic heterocycles. The number of rotatable bonds is 58. The lowest BCUT2D eigenvalue weighted by atomic mass is 10.0. The van der Waals surface area contributed by atoms with Crippen molar-refractivity contribution in [3.63, 3.8) is 0 Å². The zero-order valence-electron chi connectivity index (χ0n) is 52.4. The zero-order chi connectivity index (χ0) is 59.1. The van der Waals surface area contributed by atoms with Gasteiger partial charge in [-0.05, 0) is 109 Å². The second-order valence-corrected chi connectivity index (χ2v) is 22.3. The molecule has 0 heterocycles. The van der Waals surface area contributed by atoms with Gasteiger partial charge in [0.15, 0.2) is 6.10 Å². The summed E-state index contributed by atoms with van der Waals surface area (Å²) >= 11 is 0. The Morgan fingerprint density at radius 2 is 0.667 bits per heavy atom. The number of ether oxygens (including phenoxy) is 4. The quantitative estimate of drug-likeness (QED) is 0.0211. The number of carbonyl (C=O) groups is 3. The van der Waals surface area contributed by atoms with Crippen LogP contribution >= 0.6 is 0 Å². The number of aliphatic carboxylic acids is 1. The number of carboxylic acids is 1. The molecule has 0 aromatic carbocycles. The summed E-state index contributed by atoms with van der Waals surface area (Å²) in [6.45, 7) is 4.63. The lowest BCUT2D eigenvalue weighted by Crippen LogP contribution is -2.40. The first-order valence-corrected chi connectivity index (χ1v) is 32.3. The van der Waals surface area contributed by atoms with Crippen molar-refractivity contribution in [2.45, 2.75) is 257 Å². The van der Waals surface area contributed by atoms with Gasteiger partial charge in [-0.25, -0.2) is 4.79 Å². The van der Waals surface area contributed by atoms with E-state index in [-0.39, 0.29) is 32.2 Å². The van der Waals surface area contributed by atoms with Crippen molar-refractivity contribution < 1.29 is 42.9 Å². The Labute approximate surface area is 497 Å². The van der Waals surface area contributed by atoms with Crippen LogP contribution in [0.15, 0.2) is 134 Å². The van der Waals surface area contributed by atoms with Gasteiger partial charge in [-0.15, -0.1) is 0 Å². The van der Waals surface area contributed by atoms with Crippen LogP contribution in [0.1, 0.15) is 245 Å². The van der Waals surface area contributed by atoms with Gasteiger partial charge in [0, 0.05) is 12.8 Å². The van der Waals surface area contributed by atoms with Crippen LogP contribution in [-0.2, 0) is 33.3 Å². The smallest absolute Gasteiger partial charge is 0.361 e. The highest BCUT2D eigenvalue weighted by Gasteiger charge is 2.25. The van der Waals surface area contributed by atoms with E-state index < -0.39 is 24.3 Å². The topological polar surface area (TPSA) is 108 Å². The molecular formula is C72H120NO8+. The second kappa shape index (κ2) is 61.5. The third-order valence-corrected chi connectivity index (χ3v) is 13.4. The van der Waals surface area contributed by atoms with Crippen LogP contribution < -0.4 is 0 Å². The van der Waals surface area contributed by atoms with E-state index in [0.717, 1.165) is 122 Å². The maximum atomic E-state index is 12.9. The van der Waals surface area contributed by atoms with Gasteiger partial charge in [0.25, 0.3) is 6.29 Å². The number of carboxylic acid groups (broad SMARTS) is 1. The van der Waals surface area contributed by atoms with Crippen molar-refractivity contribution >= 4 is 17.9 Å². The first kappa shape index (κ1) is 76.4. The summed E-state index contributed by atoms with van der Waals surface area (Å²) in [4.78, 5) is 37.6. The van der Waals surface area contributed by atoms with E-state index in [1.165, 1.54) is 89.9 Å². The Kier molecular flexibility index (Phi) is 58.0. The van der Waals surface area contributed by atoms with Gasteiger partial charge >= 0.3 is 17.9 Å². The molecule has 0 bridgehead atoms. The molecule has 0 radical (unpaired) electrons. The van der Waals surface area contributed by atoms with E-state index in [9.17, 15) is 19.5 Å². The molecule has 0 aliphatic rings. The molecule has 0 amide bonds. The minimum Gasteiger partial charge on any atom is -0.477 e. The summed E-state index contributed by atoms with van der Waals surface area (Å²) in [5.74, 6) is -2.04. The maximum absolute atomic E-state index is 12.9. The minimum atomic E-state index is -1.52. The highest BCUT2D eigenvalue weighted by atomic mass is 16.7. The predicted molar refractivity (Wildman–Crippen MR) is 345 cm³/mol. The normalized spacial score (nSPS) is 13.6. The van der Waals surface area contributed by atoms with Gasteiger partial charge in [0.1, 0.15) is 13.2 Å². The Morgan fingerprint density at radius 1 is 0.370 bits per heavy atom. The maximum Gasteiger partial charge on any atom is 0.361 e. The lowest BCUT2D eigenvalue weighted by molar-refractivity contribution is -0.870. The Balaban J connectivity index is 4.23. The molecule has 0 spiro atoms. The van der Waals surface area contributed by atoms with Gasteiger partial charge in [0.05, 0.1) is 34.4 Å². The predicted octanol–water partition coefficient (Wildman–Crippen LogP) is 19.8. The summed E-state index contributed by atoms with van der Waals surface area (Å²) in [5, 5.41) is 9.73. The molecular weight excluding hydrogens is 1010 g/mol. The first-order chi connectivity index (χ1) is 39.6. The fourth-order valence-electron chi connectivity index (χ4n) is 8.51. The molecule has 2 atom stereocenters. The number of hydrogen-bond acceptors (Lipinski definition) is 7. The summed E-state index contributed by atoms with van der Waals surface area (Å²) < 4.78 is 22.9. The van der Waals surface area contributed by atoms with Crippen molar-refractivity contribution in [2.24, 2.45) is 0 Å². The summed E-state index contributed by atoms with van der Waals surface area (Å²) in [6.07, 6.45) is 85.4. The van der Waals surface area contributed by atoms with E-state index >= 15 is 0 Å². The van der Waals surface area contributed by atoms with Gasteiger partial charge in [0.2, 0.25) is 0 Å². The lowest BCUT2D eigenvalue weighted by Gasteiger charge is -2.25. The third kappa shape index (κ3) is 62.9. The Bertz CT molecular complexity index is 1790. The molecule has 2 unspecified atom stereocenters. The summed E-state index contributed by atoms with van der Waals surface area (Å²) in [6, 6.07) is 0. The van der Waals surface area contributed by atoms with Crippen LogP contribution in [0.2, 0.25) is 0 Å². The number of carbonyl (C=O) groups excluding carboxylic acids is 2. The summed E-state index contributed by atoms with van der Waals surface area (Å²) in [5.41, 5.74) is 0. The van der Waals surface area contributed by atoms with E-state index in [1.54, 1.807) is 0 Å². The van der Waals surface area contributed by atoms with Crippen molar-refractivity contribution in [1.82, 2.24) is 0 Å². The average molecular weight is 1130 g/mol.